The summed E-state index contributed by atoms with van der Waals surface area (Å²) in [5.74, 6) is -2.50. The Morgan fingerprint density at radius 2 is 2.05 bits per heavy atom. The van der Waals surface area contributed by atoms with Gasteiger partial charge in [-0.3, -0.25) is 0 Å². The van der Waals surface area contributed by atoms with Crippen molar-refractivity contribution in [3.63, 3.8) is 0 Å². The highest BCUT2D eigenvalue weighted by molar-refractivity contribution is 5.94. The number of aromatic nitrogens is 1. The van der Waals surface area contributed by atoms with Crippen LogP contribution in [0.25, 0.3) is 0 Å². The van der Waals surface area contributed by atoms with Gasteiger partial charge in [-0.15, -0.1) is 13.2 Å². The van der Waals surface area contributed by atoms with Gasteiger partial charge in [0.15, 0.2) is 0 Å². The fourth-order valence-electron chi connectivity index (χ4n) is 1.47. The van der Waals surface area contributed by atoms with Crippen LogP contribution in [0.5, 0.6) is 5.75 Å². The van der Waals surface area contributed by atoms with Crippen molar-refractivity contribution in [3.8, 4) is 5.75 Å². The van der Waals surface area contributed by atoms with Crippen LogP contribution in [0.3, 0.4) is 0 Å². The highest BCUT2D eigenvalue weighted by atomic mass is 19.4. The third-order valence-corrected chi connectivity index (χ3v) is 2.19. The molecule has 1 heterocycles. The summed E-state index contributed by atoms with van der Waals surface area (Å²) in [5, 5.41) is 0. The third-order valence-electron chi connectivity index (χ3n) is 2.19. The van der Waals surface area contributed by atoms with E-state index in [9.17, 15) is 26.7 Å². The van der Waals surface area contributed by atoms with E-state index in [1.165, 1.54) is 6.92 Å². The molecule has 0 aliphatic heterocycles. The van der Waals surface area contributed by atoms with E-state index in [1.807, 2.05) is 0 Å². The molecule has 0 atom stereocenters. The van der Waals surface area contributed by atoms with Crippen molar-refractivity contribution in [1.29, 1.82) is 0 Å². The van der Waals surface area contributed by atoms with E-state index >= 15 is 0 Å². The molecule has 0 aliphatic rings. The minimum absolute atomic E-state index is 0.217. The summed E-state index contributed by atoms with van der Waals surface area (Å²) >= 11 is 0. The molecule has 10 heteroatoms. The lowest BCUT2D eigenvalue weighted by molar-refractivity contribution is -0.274. The molecule has 0 amide bonds. The minimum atomic E-state index is -5.17. The molecule has 0 bridgehead atoms. The number of nitrogens with zero attached hydrogens (tertiary/aromatic N) is 1. The maximum absolute atomic E-state index is 12.9. The van der Waals surface area contributed by atoms with Crippen molar-refractivity contribution in [2.75, 3.05) is 6.61 Å². The normalized spacial score (nSPS) is 11.6. The molecular formula is C11H11F5N2O3. The lowest BCUT2D eigenvalue weighted by atomic mass is 10.1. The molecule has 1 aromatic heterocycles. The van der Waals surface area contributed by atoms with Gasteiger partial charge < -0.3 is 15.2 Å². The Morgan fingerprint density at radius 1 is 1.43 bits per heavy atom. The van der Waals surface area contributed by atoms with E-state index < -0.39 is 42.3 Å². The largest absolute Gasteiger partial charge is 0.573 e. The maximum Gasteiger partial charge on any atom is 0.573 e. The van der Waals surface area contributed by atoms with E-state index in [0.717, 1.165) is 0 Å². The standard InChI is InChI=1S/C11H11F5N2O3/c1-2-20-10(19)7-6(21-11(14,15)16)3-5(4-17)18-8(7)9(12)13/h3,9H,2,4,17H2,1H3. The number of nitrogens with two attached hydrogens (primary N) is 1. The van der Waals surface area contributed by atoms with E-state index in [4.69, 9.17) is 5.73 Å². The molecule has 0 radical (unpaired) electrons. The lowest BCUT2D eigenvalue weighted by Gasteiger charge is -2.16. The van der Waals surface area contributed by atoms with E-state index in [-0.39, 0.29) is 12.3 Å². The topological polar surface area (TPSA) is 74.4 Å². The first-order valence-electron chi connectivity index (χ1n) is 5.64. The Kier molecular flexibility index (Phi) is 5.41. The predicted octanol–water partition coefficient (Wildman–Crippen LogP) is 2.55. The molecular weight excluding hydrogens is 303 g/mol. The zero-order valence-corrected chi connectivity index (χ0v) is 10.7. The molecule has 21 heavy (non-hydrogen) atoms. The van der Waals surface area contributed by atoms with Gasteiger partial charge in [0.05, 0.1) is 12.3 Å². The van der Waals surface area contributed by atoms with Gasteiger partial charge in [-0.2, -0.15) is 0 Å². The Bertz CT molecular complexity index is 519. The van der Waals surface area contributed by atoms with Gasteiger partial charge >= 0.3 is 12.3 Å². The van der Waals surface area contributed by atoms with E-state index in [1.54, 1.807) is 0 Å². The molecule has 1 rings (SSSR count). The summed E-state index contributed by atoms with van der Waals surface area (Å²) < 4.78 is 70.9. The van der Waals surface area contributed by atoms with Crippen molar-refractivity contribution >= 4 is 5.97 Å². The van der Waals surface area contributed by atoms with Crippen molar-refractivity contribution in [2.24, 2.45) is 5.73 Å². The number of halogens is 5. The van der Waals surface area contributed by atoms with Gasteiger partial charge in [-0.25, -0.2) is 18.6 Å². The monoisotopic (exact) mass is 314 g/mol. The van der Waals surface area contributed by atoms with Crippen LogP contribution in [-0.4, -0.2) is 23.9 Å². The van der Waals surface area contributed by atoms with Gasteiger partial charge in [0.25, 0.3) is 6.43 Å². The number of pyridine rings is 1. The van der Waals surface area contributed by atoms with Crippen molar-refractivity contribution in [3.05, 3.63) is 23.0 Å². The first-order valence-corrected chi connectivity index (χ1v) is 5.64. The number of alkyl halides is 5. The fourth-order valence-corrected chi connectivity index (χ4v) is 1.47. The molecule has 0 aromatic carbocycles. The van der Waals surface area contributed by atoms with Crippen molar-refractivity contribution in [2.45, 2.75) is 26.3 Å². The fraction of sp³-hybridized carbons (Fsp3) is 0.455. The Labute approximate surface area is 115 Å². The predicted molar refractivity (Wildman–Crippen MR) is 59.7 cm³/mol. The van der Waals surface area contributed by atoms with Crippen LogP contribution in [0.15, 0.2) is 6.07 Å². The summed E-state index contributed by atoms with van der Waals surface area (Å²) in [5.41, 5.74) is 2.66. The van der Waals surface area contributed by atoms with E-state index in [2.05, 4.69) is 14.5 Å². The van der Waals surface area contributed by atoms with Gasteiger partial charge in [-0.05, 0) is 6.92 Å². The van der Waals surface area contributed by atoms with Gasteiger partial charge in [0.2, 0.25) is 0 Å². The van der Waals surface area contributed by atoms with Crippen LogP contribution in [0.4, 0.5) is 22.0 Å². The van der Waals surface area contributed by atoms with Gasteiger partial charge in [-0.1, -0.05) is 0 Å². The van der Waals surface area contributed by atoms with Crippen molar-refractivity contribution in [1.82, 2.24) is 4.98 Å². The summed E-state index contributed by atoms with van der Waals surface area (Å²) in [4.78, 5) is 15.0. The summed E-state index contributed by atoms with van der Waals surface area (Å²) in [6, 6.07) is 0.672. The van der Waals surface area contributed by atoms with Gasteiger partial charge in [0.1, 0.15) is 17.0 Å². The summed E-state index contributed by atoms with van der Waals surface area (Å²) in [6.45, 7) is 0.745. The van der Waals surface area contributed by atoms with Gasteiger partial charge in [0, 0.05) is 12.6 Å². The molecule has 118 valence electrons. The molecule has 0 saturated heterocycles. The number of carbonyl (C=O) groups is 1. The van der Waals surface area contributed by atoms with Crippen molar-refractivity contribution < 1.29 is 36.2 Å². The summed E-state index contributed by atoms with van der Waals surface area (Å²) in [6.07, 6.45) is -8.47. The molecule has 2 N–H and O–H groups in total. The number of carbonyl (C=O) groups excluding carboxylic acids is 1. The first-order chi connectivity index (χ1) is 9.69. The number of ether oxygens (including phenoxy) is 2. The maximum atomic E-state index is 12.9. The first kappa shape index (κ1) is 17.1. The molecule has 0 unspecified atom stereocenters. The Morgan fingerprint density at radius 3 is 2.48 bits per heavy atom. The summed E-state index contributed by atoms with van der Waals surface area (Å²) in [7, 11) is 0. The average molecular weight is 314 g/mol. The quantitative estimate of drug-likeness (QED) is 0.668. The van der Waals surface area contributed by atoms with E-state index in [0.29, 0.717) is 6.07 Å². The van der Waals surface area contributed by atoms with Crippen LogP contribution in [-0.2, 0) is 11.3 Å². The SMILES string of the molecule is CCOC(=O)c1c(OC(F)(F)F)cc(CN)nc1C(F)F. The van der Waals surface area contributed by atoms with Crippen LogP contribution >= 0.6 is 0 Å². The molecule has 0 aliphatic carbocycles. The highest BCUT2D eigenvalue weighted by Crippen LogP contribution is 2.33. The third kappa shape index (κ3) is 4.52. The molecule has 1 aromatic rings. The minimum Gasteiger partial charge on any atom is -0.462 e. The molecule has 0 saturated carbocycles. The lowest BCUT2D eigenvalue weighted by Crippen LogP contribution is -2.22. The van der Waals surface area contributed by atoms with Crippen LogP contribution < -0.4 is 10.5 Å². The zero-order valence-electron chi connectivity index (χ0n) is 10.7. The smallest absolute Gasteiger partial charge is 0.462 e. The van der Waals surface area contributed by atoms with Crippen LogP contribution in [0.2, 0.25) is 0 Å². The zero-order chi connectivity index (χ0) is 16.2. The van der Waals surface area contributed by atoms with Crippen LogP contribution in [0, 0.1) is 0 Å². The number of hydrogen-bond donors (Lipinski definition) is 1. The second-order valence-corrected chi connectivity index (χ2v) is 3.65. The molecule has 0 spiro atoms. The molecule has 0 fully saturated rings. The van der Waals surface area contributed by atoms with Crippen LogP contribution in [0.1, 0.15) is 35.1 Å². The number of esters is 1. The average Bonchev–Trinajstić information content (AvgIpc) is 2.35. The Hall–Kier alpha value is -1.97. The number of rotatable bonds is 5. The highest BCUT2D eigenvalue weighted by Gasteiger charge is 2.36. The number of hydrogen-bond acceptors (Lipinski definition) is 5. The second-order valence-electron chi connectivity index (χ2n) is 3.65. The second kappa shape index (κ2) is 6.66. The molecule has 5 nitrogen and oxygen atoms in total. The Balaban J connectivity index is 3.48.